The van der Waals surface area contributed by atoms with Gasteiger partial charge < -0.3 is 19.7 Å². The van der Waals surface area contributed by atoms with Gasteiger partial charge in [-0.25, -0.2) is 4.79 Å². The molecule has 3 rings (SSSR count). The van der Waals surface area contributed by atoms with Crippen molar-refractivity contribution in [1.29, 1.82) is 0 Å². The van der Waals surface area contributed by atoms with Crippen molar-refractivity contribution in [2.24, 2.45) is 29.1 Å². The van der Waals surface area contributed by atoms with E-state index in [4.69, 9.17) is 9.47 Å². The van der Waals surface area contributed by atoms with E-state index in [-0.39, 0.29) is 17.8 Å². The van der Waals surface area contributed by atoms with Crippen LogP contribution in [0.3, 0.4) is 0 Å². The van der Waals surface area contributed by atoms with Crippen molar-refractivity contribution in [2.75, 3.05) is 0 Å². The summed E-state index contributed by atoms with van der Waals surface area (Å²) in [5, 5.41) is 21.6. The highest BCUT2D eigenvalue weighted by molar-refractivity contribution is 5.99. The van der Waals surface area contributed by atoms with Crippen LogP contribution in [0.5, 0.6) is 0 Å². The van der Waals surface area contributed by atoms with Gasteiger partial charge in [0.05, 0.1) is 22.9 Å². The van der Waals surface area contributed by atoms with Gasteiger partial charge in [-0.2, -0.15) is 0 Å². The molecule has 1 heterocycles. The number of carboxylic acid groups (broad SMARTS) is 1. The first kappa shape index (κ1) is 21.2. The third-order valence-electron chi connectivity index (χ3n) is 7.01. The Morgan fingerprint density at radius 2 is 2.00 bits per heavy atom. The van der Waals surface area contributed by atoms with Crippen molar-refractivity contribution in [1.82, 2.24) is 0 Å². The molecule has 3 unspecified atom stereocenters. The number of allylic oxidation sites excluding steroid dienone is 2. The molecule has 2 aliphatic carbocycles. The lowest BCUT2D eigenvalue weighted by Crippen LogP contribution is -2.62. The molecule has 2 bridgehead atoms. The summed E-state index contributed by atoms with van der Waals surface area (Å²) in [4.78, 5) is 49.0. The van der Waals surface area contributed by atoms with Gasteiger partial charge in [0.1, 0.15) is 12.2 Å². The molecule has 0 aromatic heterocycles. The van der Waals surface area contributed by atoms with Crippen molar-refractivity contribution in [2.45, 2.75) is 51.9 Å². The number of hydrogen-bond acceptors (Lipinski definition) is 7. The van der Waals surface area contributed by atoms with Gasteiger partial charge >= 0.3 is 17.9 Å². The molecule has 0 spiro atoms. The van der Waals surface area contributed by atoms with Crippen molar-refractivity contribution in [3.63, 3.8) is 0 Å². The van der Waals surface area contributed by atoms with Gasteiger partial charge in [0, 0.05) is 18.4 Å². The van der Waals surface area contributed by atoms with Gasteiger partial charge in [0.2, 0.25) is 0 Å². The second-order valence-corrected chi connectivity index (χ2v) is 8.63. The molecule has 2 N–H and O–H groups in total. The molecule has 158 valence electrons. The van der Waals surface area contributed by atoms with Crippen molar-refractivity contribution in [3.05, 3.63) is 24.3 Å². The average Bonchev–Trinajstić information content (AvgIpc) is 2.91. The molecule has 1 saturated carbocycles. The summed E-state index contributed by atoms with van der Waals surface area (Å²) in [7, 11) is 0. The SMILES string of the molecule is C=C1C(=O)O[C@H]2C(OC(C)=O)C1[C@@](O)(CC(C)C(=O)O)[C@]1(C)C(=O)C=C[C@H]1[C@@H]2C. The lowest BCUT2D eigenvalue weighted by atomic mass is 9.56. The Hall–Kier alpha value is -2.48. The second kappa shape index (κ2) is 6.79. The Morgan fingerprint density at radius 1 is 1.38 bits per heavy atom. The Kier molecular flexibility index (Phi) is 4.98. The van der Waals surface area contributed by atoms with Crippen LogP contribution in [0.15, 0.2) is 24.3 Å². The first-order valence-corrected chi connectivity index (χ1v) is 9.61. The lowest BCUT2D eigenvalue weighted by molar-refractivity contribution is -0.199. The molecule has 1 aliphatic heterocycles. The van der Waals surface area contributed by atoms with Gasteiger partial charge in [0.25, 0.3) is 0 Å². The fraction of sp³-hybridized carbons (Fsp3) is 0.619. The summed E-state index contributed by atoms with van der Waals surface area (Å²) in [5.74, 6) is -6.15. The summed E-state index contributed by atoms with van der Waals surface area (Å²) in [5.41, 5.74) is -3.58. The average molecular weight is 406 g/mol. The van der Waals surface area contributed by atoms with Gasteiger partial charge in [0.15, 0.2) is 5.78 Å². The first-order valence-electron chi connectivity index (χ1n) is 9.61. The van der Waals surface area contributed by atoms with Crippen LogP contribution in [-0.4, -0.2) is 51.7 Å². The van der Waals surface area contributed by atoms with Crippen LogP contribution < -0.4 is 0 Å². The highest BCUT2D eigenvalue weighted by atomic mass is 16.6. The number of fused-ring (bicyclic) bond motifs is 3. The van der Waals surface area contributed by atoms with Gasteiger partial charge in [-0.3, -0.25) is 14.4 Å². The fourth-order valence-corrected chi connectivity index (χ4v) is 5.42. The molecular formula is C21H26O8. The van der Waals surface area contributed by atoms with Crippen LogP contribution in [0.25, 0.3) is 0 Å². The number of aliphatic carboxylic acids is 1. The van der Waals surface area contributed by atoms with Gasteiger partial charge in [-0.1, -0.05) is 26.5 Å². The molecule has 8 nitrogen and oxygen atoms in total. The monoisotopic (exact) mass is 406 g/mol. The van der Waals surface area contributed by atoms with Crippen LogP contribution >= 0.6 is 0 Å². The fourth-order valence-electron chi connectivity index (χ4n) is 5.42. The number of carboxylic acids is 1. The maximum absolute atomic E-state index is 13.0. The molecule has 29 heavy (non-hydrogen) atoms. The van der Waals surface area contributed by atoms with Crippen LogP contribution in [-0.2, 0) is 28.7 Å². The standard InChI is InChI=1S/C21H26O8/c1-9(18(24)25)8-21(27)15-11(3)19(26)29-16(17(15)28-12(4)22)10(2)13-6-7-14(23)20(13,21)5/h6-7,9-10,13,15-17,27H,3,8H2,1-2,4-5H3,(H,24,25)/t9?,10-,13-,15?,16+,17?,20-,21-/m0/s1. The van der Waals surface area contributed by atoms with Crippen molar-refractivity contribution in [3.8, 4) is 0 Å². The number of ketones is 1. The van der Waals surface area contributed by atoms with E-state index in [9.17, 15) is 29.4 Å². The number of ether oxygens (including phenoxy) is 2. The smallest absolute Gasteiger partial charge is 0.334 e. The Balaban J connectivity index is 2.28. The number of hydrogen-bond donors (Lipinski definition) is 2. The third kappa shape index (κ3) is 2.84. The van der Waals surface area contributed by atoms with Gasteiger partial charge in [-0.05, 0) is 25.3 Å². The molecule has 0 radical (unpaired) electrons. The van der Waals surface area contributed by atoms with E-state index in [0.29, 0.717) is 0 Å². The maximum Gasteiger partial charge on any atom is 0.334 e. The largest absolute Gasteiger partial charge is 0.481 e. The summed E-state index contributed by atoms with van der Waals surface area (Å²) < 4.78 is 11.0. The Morgan fingerprint density at radius 3 is 2.55 bits per heavy atom. The number of aliphatic hydroxyl groups is 1. The highest BCUT2D eigenvalue weighted by Crippen LogP contribution is 2.60. The molecule has 1 saturated heterocycles. The van der Waals surface area contributed by atoms with E-state index in [1.807, 2.05) is 0 Å². The van der Waals surface area contributed by atoms with E-state index in [2.05, 4.69) is 6.58 Å². The number of carbonyl (C=O) groups is 4. The zero-order valence-corrected chi connectivity index (χ0v) is 16.9. The first-order chi connectivity index (χ1) is 13.4. The van der Waals surface area contributed by atoms with Crippen LogP contribution in [0.2, 0.25) is 0 Å². The topological polar surface area (TPSA) is 127 Å². The quantitative estimate of drug-likeness (QED) is 0.528. The molecule has 0 aromatic rings. The summed E-state index contributed by atoms with van der Waals surface area (Å²) in [6.45, 7) is 9.71. The van der Waals surface area contributed by atoms with E-state index in [1.165, 1.54) is 19.9 Å². The molecule has 0 aromatic carbocycles. The minimum absolute atomic E-state index is 0.138. The van der Waals surface area contributed by atoms with Crippen LogP contribution in [0.1, 0.15) is 34.1 Å². The summed E-state index contributed by atoms with van der Waals surface area (Å²) >= 11 is 0. The minimum atomic E-state index is -2.00. The molecular weight excluding hydrogens is 380 g/mol. The molecule has 3 aliphatic rings. The van der Waals surface area contributed by atoms with Crippen LogP contribution in [0.4, 0.5) is 0 Å². The normalized spacial score (nSPS) is 42.0. The number of esters is 2. The molecule has 2 fully saturated rings. The molecule has 8 atom stereocenters. The van der Waals surface area contributed by atoms with Crippen molar-refractivity contribution < 1.29 is 38.9 Å². The summed E-state index contributed by atoms with van der Waals surface area (Å²) in [6.07, 6.45) is 0.727. The van der Waals surface area contributed by atoms with E-state index in [0.717, 1.165) is 0 Å². The van der Waals surface area contributed by atoms with E-state index < -0.39 is 64.8 Å². The van der Waals surface area contributed by atoms with Crippen molar-refractivity contribution >= 4 is 23.7 Å². The lowest BCUT2D eigenvalue weighted by Gasteiger charge is -2.50. The Labute approximate surface area is 168 Å². The zero-order chi connectivity index (χ0) is 21.9. The predicted molar refractivity (Wildman–Crippen MR) is 99.3 cm³/mol. The highest BCUT2D eigenvalue weighted by Gasteiger charge is 2.70. The maximum atomic E-state index is 13.0. The van der Waals surface area contributed by atoms with Crippen LogP contribution in [0, 0.1) is 29.1 Å². The molecule has 8 heteroatoms. The van der Waals surface area contributed by atoms with E-state index >= 15 is 0 Å². The predicted octanol–water partition coefficient (Wildman–Crippen LogP) is 1.27. The summed E-state index contributed by atoms with van der Waals surface area (Å²) in [6, 6.07) is 0. The van der Waals surface area contributed by atoms with E-state index in [1.54, 1.807) is 19.9 Å². The zero-order valence-electron chi connectivity index (χ0n) is 16.9. The minimum Gasteiger partial charge on any atom is -0.481 e. The second-order valence-electron chi connectivity index (χ2n) is 8.63. The Bertz CT molecular complexity index is 829. The third-order valence-corrected chi connectivity index (χ3v) is 7.01. The number of rotatable bonds is 4. The molecule has 0 amide bonds. The van der Waals surface area contributed by atoms with Gasteiger partial charge in [-0.15, -0.1) is 0 Å². The number of carbonyl (C=O) groups excluding carboxylic acids is 3.